The van der Waals surface area contributed by atoms with Gasteiger partial charge in [0.25, 0.3) is 0 Å². The summed E-state index contributed by atoms with van der Waals surface area (Å²) in [5.74, 6) is 1.80. The molecule has 0 bridgehead atoms. The highest BCUT2D eigenvalue weighted by Crippen LogP contribution is 2.41. The number of ether oxygens (including phenoxy) is 2. The van der Waals surface area contributed by atoms with E-state index < -0.39 is 0 Å². The predicted octanol–water partition coefficient (Wildman–Crippen LogP) is 5.79. The number of alkyl halides is 1. The molecule has 0 spiro atoms. The second-order valence-electron chi connectivity index (χ2n) is 4.25. The van der Waals surface area contributed by atoms with Crippen molar-refractivity contribution in [2.45, 2.75) is 18.2 Å². The Bertz CT molecular complexity index is 569. The van der Waals surface area contributed by atoms with Crippen molar-refractivity contribution in [3.63, 3.8) is 0 Å². The molecule has 20 heavy (non-hydrogen) atoms. The van der Waals surface area contributed by atoms with E-state index in [0.717, 1.165) is 29.0 Å². The first-order valence-electron chi connectivity index (χ1n) is 6.35. The Hall–Kier alpha value is -0.520. The van der Waals surface area contributed by atoms with Gasteiger partial charge >= 0.3 is 0 Å². The summed E-state index contributed by atoms with van der Waals surface area (Å²) in [6, 6.07) is 8.16. The number of methoxy groups -OCH3 is 1. The summed E-state index contributed by atoms with van der Waals surface area (Å²) >= 11 is 9.00. The molecule has 2 rings (SSSR count). The molecule has 0 N–H and O–H groups in total. The molecule has 2 aromatic rings. The second kappa shape index (κ2) is 7.48. The van der Waals surface area contributed by atoms with Crippen LogP contribution in [-0.2, 0) is 0 Å². The lowest BCUT2D eigenvalue weighted by Crippen LogP contribution is -1.98. The van der Waals surface area contributed by atoms with Gasteiger partial charge in [0.1, 0.15) is 11.5 Å². The van der Waals surface area contributed by atoms with Gasteiger partial charge in [-0.1, -0.05) is 28.9 Å². The third-order valence-electron chi connectivity index (χ3n) is 2.82. The van der Waals surface area contributed by atoms with Gasteiger partial charge in [0.2, 0.25) is 0 Å². The topological polar surface area (TPSA) is 18.5 Å². The third kappa shape index (κ3) is 3.57. The predicted molar refractivity (Wildman–Crippen MR) is 91.6 cm³/mol. The fourth-order valence-electron chi connectivity index (χ4n) is 1.82. The first-order valence-corrected chi connectivity index (χ1v) is 8.94. The van der Waals surface area contributed by atoms with E-state index in [4.69, 9.17) is 9.47 Å². The molecule has 0 aliphatic carbocycles. The first kappa shape index (κ1) is 15.9. The summed E-state index contributed by atoms with van der Waals surface area (Å²) < 4.78 is 12.0. The van der Waals surface area contributed by atoms with E-state index >= 15 is 0 Å². The molecule has 1 aromatic heterocycles. The number of hydrogen-bond donors (Lipinski definition) is 0. The summed E-state index contributed by atoms with van der Waals surface area (Å²) in [5, 5.41) is 2.04. The lowest BCUT2D eigenvalue weighted by atomic mass is 10.1. The largest absolute Gasteiger partial charge is 0.496 e. The molecule has 0 saturated carbocycles. The fraction of sp³-hybridized carbons (Fsp3) is 0.333. The van der Waals surface area contributed by atoms with E-state index in [1.165, 1.54) is 10.4 Å². The van der Waals surface area contributed by atoms with E-state index in [-0.39, 0.29) is 4.83 Å². The molecular weight excluding hydrogens is 404 g/mol. The van der Waals surface area contributed by atoms with Crippen LogP contribution < -0.4 is 9.47 Å². The summed E-state index contributed by atoms with van der Waals surface area (Å²) in [6.07, 6.45) is 1.00. The molecule has 0 amide bonds. The molecule has 108 valence electrons. The molecule has 2 nitrogen and oxygen atoms in total. The maximum Gasteiger partial charge on any atom is 0.134 e. The number of thiophene rings is 1. The minimum absolute atomic E-state index is 0.119. The van der Waals surface area contributed by atoms with Gasteiger partial charge in [-0.3, -0.25) is 0 Å². The van der Waals surface area contributed by atoms with E-state index in [2.05, 4.69) is 50.9 Å². The minimum Gasteiger partial charge on any atom is -0.496 e. The van der Waals surface area contributed by atoms with Crippen molar-refractivity contribution in [2.24, 2.45) is 0 Å². The van der Waals surface area contributed by atoms with Gasteiger partial charge in [0.15, 0.2) is 0 Å². The summed E-state index contributed by atoms with van der Waals surface area (Å²) in [4.78, 5) is 1.29. The van der Waals surface area contributed by atoms with Crippen LogP contribution in [0.1, 0.15) is 28.6 Å². The van der Waals surface area contributed by atoms with Crippen LogP contribution in [0.5, 0.6) is 11.5 Å². The van der Waals surface area contributed by atoms with E-state index in [1.807, 2.05) is 17.5 Å². The number of hydrogen-bond acceptors (Lipinski definition) is 3. The Morgan fingerprint density at radius 3 is 2.70 bits per heavy atom. The zero-order valence-corrected chi connectivity index (χ0v) is 15.3. The van der Waals surface area contributed by atoms with Crippen LogP contribution in [0.2, 0.25) is 0 Å². The van der Waals surface area contributed by atoms with Gasteiger partial charge in [0.05, 0.1) is 27.9 Å². The second-order valence-corrected chi connectivity index (χ2v) is 6.97. The monoisotopic (exact) mass is 418 g/mol. The molecule has 5 heteroatoms. The third-order valence-corrected chi connectivity index (χ3v) is 5.69. The van der Waals surface area contributed by atoms with Crippen LogP contribution >= 0.6 is 43.2 Å². The number of benzene rings is 1. The molecule has 1 atom stereocenters. The van der Waals surface area contributed by atoms with Gasteiger partial charge in [-0.15, -0.1) is 11.3 Å². The molecule has 0 saturated heterocycles. The van der Waals surface area contributed by atoms with Crippen molar-refractivity contribution in [1.29, 1.82) is 0 Å². The van der Waals surface area contributed by atoms with Crippen molar-refractivity contribution < 1.29 is 9.47 Å². The normalized spacial score (nSPS) is 12.2. The molecular formula is C15H16Br2O2S. The molecule has 1 unspecified atom stereocenters. The lowest BCUT2D eigenvalue weighted by molar-refractivity contribution is 0.315. The molecule has 0 fully saturated rings. The minimum atomic E-state index is 0.119. The van der Waals surface area contributed by atoms with Crippen molar-refractivity contribution in [2.75, 3.05) is 13.7 Å². The highest BCUT2D eigenvalue weighted by Gasteiger charge is 2.17. The lowest BCUT2D eigenvalue weighted by Gasteiger charge is -2.13. The average molecular weight is 420 g/mol. The molecule has 1 aromatic carbocycles. The van der Waals surface area contributed by atoms with Crippen LogP contribution in [-0.4, -0.2) is 13.7 Å². The van der Waals surface area contributed by atoms with Crippen LogP contribution in [0, 0.1) is 0 Å². The Balaban J connectivity index is 2.23. The van der Waals surface area contributed by atoms with Crippen molar-refractivity contribution >= 4 is 43.2 Å². The number of halogens is 2. The molecule has 1 heterocycles. The van der Waals surface area contributed by atoms with E-state index in [9.17, 15) is 0 Å². The summed E-state index contributed by atoms with van der Waals surface area (Å²) in [7, 11) is 1.70. The smallest absolute Gasteiger partial charge is 0.134 e. The highest BCUT2D eigenvalue weighted by molar-refractivity contribution is 9.10. The zero-order chi connectivity index (χ0) is 14.5. The van der Waals surface area contributed by atoms with E-state index in [1.54, 1.807) is 18.4 Å². The fourth-order valence-corrected chi connectivity index (χ4v) is 4.02. The summed E-state index contributed by atoms with van der Waals surface area (Å²) in [5.41, 5.74) is 1.17. The standard InChI is InChI=1S/C15H16Br2O2S/c1-3-7-19-12-5-4-10(9-11(12)16)14(17)15-13(18-2)6-8-20-15/h4-6,8-9,14H,3,7H2,1-2H3. The SMILES string of the molecule is CCCOc1ccc(C(Br)c2sccc2OC)cc1Br. The van der Waals surface area contributed by atoms with Crippen molar-refractivity contribution in [3.8, 4) is 11.5 Å². The maximum atomic E-state index is 5.67. The van der Waals surface area contributed by atoms with Crippen LogP contribution in [0.3, 0.4) is 0 Å². The highest BCUT2D eigenvalue weighted by atomic mass is 79.9. The molecule has 0 radical (unpaired) electrons. The van der Waals surface area contributed by atoms with Gasteiger partial charge < -0.3 is 9.47 Å². The van der Waals surface area contributed by atoms with Crippen molar-refractivity contribution in [1.82, 2.24) is 0 Å². The van der Waals surface area contributed by atoms with Crippen LogP contribution in [0.4, 0.5) is 0 Å². The van der Waals surface area contributed by atoms with Crippen LogP contribution in [0.15, 0.2) is 34.1 Å². The Labute approximate surface area is 140 Å². The quantitative estimate of drug-likeness (QED) is 0.551. The zero-order valence-electron chi connectivity index (χ0n) is 11.4. The summed E-state index contributed by atoms with van der Waals surface area (Å²) in [6.45, 7) is 2.83. The van der Waals surface area contributed by atoms with Crippen molar-refractivity contribution in [3.05, 3.63) is 44.6 Å². The van der Waals surface area contributed by atoms with Gasteiger partial charge in [0, 0.05) is 0 Å². The van der Waals surface area contributed by atoms with Gasteiger partial charge in [-0.25, -0.2) is 0 Å². The van der Waals surface area contributed by atoms with Gasteiger partial charge in [-0.05, 0) is 51.5 Å². The van der Waals surface area contributed by atoms with E-state index in [0.29, 0.717) is 0 Å². The molecule has 0 aliphatic heterocycles. The first-order chi connectivity index (χ1) is 9.67. The Morgan fingerprint density at radius 2 is 2.05 bits per heavy atom. The number of rotatable bonds is 6. The maximum absolute atomic E-state index is 5.67. The van der Waals surface area contributed by atoms with Crippen LogP contribution in [0.25, 0.3) is 0 Å². The Morgan fingerprint density at radius 1 is 1.25 bits per heavy atom. The van der Waals surface area contributed by atoms with Gasteiger partial charge in [-0.2, -0.15) is 0 Å². The average Bonchev–Trinajstić information content (AvgIpc) is 2.93. The Kier molecular flexibility index (Phi) is 5.93. The molecule has 0 aliphatic rings.